The first kappa shape index (κ1) is 7.44. The van der Waals surface area contributed by atoms with Crippen molar-refractivity contribution in [3.63, 3.8) is 0 Å². The van der Waals surface area contributed by atoms with Crippen LogP contribution < -0.4 is 0 Å². The third-order valence-corrected chi connectivity index (χ3v) is 0.501. The second kappa shape index (κ2) is 4.60. The van der Waals surface area contributed by atoms with Crippen LogP contribution in [0.15, 0.2) is 0 Å². The molecule has 44 valence electrons. The molecule has 4 nitrogen and oxygen atoms in total. The first-order valence-corrected chi connectivity index (χ1v) is 2.49. The average Bonchev–Trinajstić information content (AvgIpc) is 1.66. The van der Waals surface area contributed by atoms with E-state index in [9.17, 15) is 9.36 Å². The van der Waals surface area contributed by atoms with Crippen LogP contribution in [0.4, 0.5) is 0 Å². The van der Waals surface area contributed by atoms with E-state index in [-0.39, 0.29) is 0 Å². The van der Waals surface area contributed by atoms with Crippen molar-refractivity contribution in [1.82, 2.24) is 0 Å². The van der Waals surface area contributed by atoms with Crippen molar-refractivity contribution >= 4 is 13.9 Å². The van der Waals surface area contributed by atoms with Gasteiger partial charge in [-0.05, 0) is 0 Å². The zero-order chi connectivity index (χ0) is 6.41. The molecular formula is C3H3O4P. The van der Waals surface area contributed by atoms with E-state index in [4.69, 9.17) is 5.11 Å². The molecule has 0 spiro atoms. The monoisotopic (exact) mass is 134 g/mol. The van der Waals surface area contributed by atoms with Gasteiger partial charge in [0.2, 0.25) is 0 Å². The van der Waals surface area contributed by atoms with Gasteiger partial charge in [0.15, 0.2) is 0 Å². The van der Waals surface area contributed by atoms with Crippen molar-refractivity contribution in [2.75, 3.05) is 6.61 Å². The van der Waals surface area contributed by atoms with Crippen molar-refractivity contribution < 1.29 is 19.2 Å². The Bertz CT molecular complexity index is 167. The molecule has 0 aliphatic carbocycles. The summed E-state index contributed by atoms with van der Waals surface area (Å²) in [5.41, 5.74) is 0. The van der Waals surface area contributed by atoms with E-state index in [1.165, 1.54) is 0 Å². The molecule has 0 heterocycles. The molecule has 0 saturated carbocycles. The number of carboxylic acids is 1. The molecule has 0 aromatic heterocycles. The molecule has 0 aromatic rings. The summed E-state index contributed by atoms with van der Waals surface area (Å²) in [4.78, 5) is 9.60. The van der Waals surface area contributed by atoms with Gasteiger partial charge in [0.05, 0.1) is 0 Å². The van der Waals surface area contributed by atoms with Crippen LogP contribution >= 0.6 is 7.92 Å². The van der Waals surface area contributed by atoms with Crippen molar-refractivity contribution in [1.29, 1.82) is 0 Å². The predicted octanol–water partition coefficient (Wildman–Crippen LogP) is 0.296. The van der Waals surface area contributed by atoms with Gasteiger partial charge in [-0.2, -0.15) is 0 Å². The molecule has 1 N–H and O–H groups in total. The van der Waals surface area contributed by atoms with Crippen LogP contribution in [0.1, 0.15) is 0 Å². The zero-order valence-electron chi connectivity index (χ0n) is 3.83. The maximum atomic E-state index is 9.60. The predicted molar refractivity (Wildman–Crippen MR) is 25.1 cm³/mol. The number of hydrogen-bond donors (Lipinski definition) is 1. The minimum absolute atomic E-state index is 0.435. The van der Waals surface area contributed by atoms with Crippen molar-refractivity contribution in [3.8, 4) is 5.81 Å². The van der Waals surface area contributed by atoms with Gasteiger partial charge in [-0.3, -0.25) is 0 Å². The number of aliphatic carboxylic acids is 1. The van der Waals surface area contributed by atoms with Crippen LogP contribution in [-0.4, -0.2) is 17.7 Å². The molecule has 0 atom stereocenters. The number of ether oxygens (including phenoxy) is 1. The van der Waals surface area contributed by atoms with E-state index >= 15 is 0 Å². The molecule has 5 heteroatoms. The number of rotatable bonds is 2. The maximum absolute atomic E-state index is 9.60. The minimum atomic E-state index is -1.11. The summed E-state index contributed by atoms with van der Waals surface area (Å²) in [5, 5.41) is 7.87. The first-order valence-electron chi connectivity index (χ1n) is 1.68. The Morgan fingerprint density at radius 3 is 2.88 bits per heavy atom. The fourth-order valence-electron chi connectivity index (χ4n) is 0.120. The van der Waals surface area contributed by atoms with Crippen LogP contribution in [0.3, 0.4) is 0 Å². The van der Waals surface area contributed by atoms with Gasteiger partial charge in [0.25, 0.3) is 0 Å². The molecule has 0 unspecified atom stereocenters. The average molecular weight is 134 g/mol. The van der Waals surface area contributed by atoms with E-state index in [1.807, 2.05) is 5.81 Å². The Morgan fingerprint density at radius 1 is 1.88 bits per heavy atom. The molecule has 0 aliphatic heterocycles. The van der Waals surface area contributed by atoms with Gasteiger partial charge in [-0.25, -0.2) is 0 Å². The quantitative estimate of drug-likeness (QED) is 0.551. The molecule has 0 radical (unpaired) electrons. The molecule has 0 aliphatic rings. The SMILES string of the molecule is O=P#COCC(=O)O. The molecule has 0 aromatic carbocycles. The van der Waals surface area contributed by atoms with Crippen molar-refractivity contribution in [3.05, 3.63) is 0 Å². The summed E-state index contributed by atoms with van der Waals surface area (Å²) < 4.78 is 13.5. The van der Waals surface area contributed by atoms with Crippen LogP contribution in [0.25, 0.3) is 0 Å². The first-order chi connectivity index (χ1) is 3.77. The molecule has 0 fully saturated rings. The summed E-state index contributed by atoms with van der Waals surface area (Å²) in [6.45, 7) is -0.491. The van der Waals surface area contributed by atoms with E-state index in [2.05, 4.69) is 4.74 Å². The third-order valence-electron chi connectivity index (χ3n) is 0.297. The van der Waals surface area contributed by atoms with Gasteiger partial charge < -0.3 is 0 Å². The normalized spacial score (nSPS) is 7.50. The molecule has 0 rings (SSSR count). The number of hydrogen-bond acceptors (Lipinski definition) is 3. The van der Waals surface area contributed by atoms with E-state index < -0.39 is 20.5 Å². The van der Waals surface area contributed by atoms with Gasteiger partial charge in [-0.1, -0.05) is 0 Å². The van der Waals surface area contributed by atoms with Crippen LogP contribution in [-0.2, 0) is 14.1 Å². The summed E-state index contributed by atoms with van der Waals surface area (Å²) in [6, 6.07) is 0. The molecule has 8 heavy (non-hydrogen) atoms. The molecule has 0 saturated heterocycles. The number of carbonyl (C=O) groups is 1. The Balaban J connectivity index is 3.28. The fourth-order valence-corrected chi connectivity index (χ4v) is 0.238. The Kier molecular flexibility index (Phi) is 4.27. The Labute approximate surface area is 46.6 Å². The van der Waals surface area contributed by atoms with E-state index in [0.29, 0.717) is 0 Å². The van der Waals surface area contributed by atoms with Crippen molar-refractivity contribution in [2.45, 2.75) is 0 Å². The second-order valence-electron chi connectivity index (χ2n) is 0.865. The van der Waals surface area contributed by atoms with Crippen LogP contribution in [0.2, 0.25) is 0 Å². The Morgan fingerprint density at radius 2 is 2.50 bits per heavy atom. The molecule has 0 amide bonds. The van der Waals surface area contributed by atoms with Gasteiger partial charge in [0.1, 0.15) is 0 Å². The van der Waals surface area contributed by atoms with Crippen molar-refractivity contribution in [2.24, 2.45) is 0 Å². The Hall–Kier alpha value is -0.560. The summed E-state index contributed by atoms with van der Waals surface area (Å²) in [6.07, 6.45) is 0. The van der Waals surface area contributed by atoms with E-state index in [1.54, 1.807) is 0 Å². The van der Waals surface area contributed by atoms with Gasteiger partial charge >= 0.3 is 45.5 Å². The summed E-state index contributed by atoms with van der Waals surface area (Å²) in [5.74, 6) is 0.705. The topological polar surface area (TPSA) is 63.6 Å². The molecular weight excluding hydrogens is 131 g/mol. The fraction of sp³-hybridized carbons (Fsp3) is 0.333. The van der Waals surface area contributed by atoms with Gasteiger partial charge in [0, 0.05) is 0 Å². The van der Waals surface area contributed by atoms with Crippen LogP contribution in [0, 0.1) is 5.81 Å². The summed E-state index contributed by atoms with van der Waals surface area (Å²) in [7, 11) is -0.435. The molecule has 0 bridgehead atoms. The third kappa shape index (κ3) is 5.44. The van der Waals surface area contributed by atoms with E-state index in [0.717, 1.165) is 0 Å². The zero-order valence-corrected chi connectivity index (χ0v) is 4.72. The van der Waals surface area contributed by atoms with Crippen LogP contribution in [0.5, 0.6) is 0 Å². The number of carboxylic acid groups (broad SMARTS) is 1. The van der Waals surface area contributed by atoms with Gasteiger partial charge in [-0.15, -0.1) is 0 Å². The second-order valence-corrected chi connectivity index (χ2v) is 1.23. The standard InChI is InChI=1S/C3H3O4P/c4-3(5)1-7-2-8-6/h1H2,(H,4,5). The summed E-state index contributed by atoms with van der Waals surface area (Å²) >= 11 is 0.